The van der Waals surface area contributed by atoms with Crippen molar-refractivity contribution >= 4 is 11.9 Å². The van der Waals surface area contributed by atoms with E-state index in [1.54, 1.807) is 19.3 Å². The molecule has 0 aromatic carbocycles. The standard InChI is InChI=1S/C18H24N2O4/c1-5-8-19-17(21)14(4)24-18(22)16-10-12(2)20(13(16)3)11-15-7-6-9-23-15/h6-7,9-10,14H,5,8,11H2,1-4H3,(H,19,21)/t14-/m0/s1. The number of rotatable bonds is 7. The van der Waals surface area contributed by atoms with Gasteiger partial charge in [0.2, 0.25) is 0 Å². The lowest BCUT2D eigenvalue weighted by Gasteiger charge is -2.13. The molecule has 6 nitrogen and oxygen atoms in total. The monoisotopic (exact) mass is 332 g/mol. The Kier molecular flexibility index (Phi) is 5.84. The van der Waals surface area contributed by atoms with E-state index in [9.17, 15) is 9.59 Å². The minimum Gasteiger partial charge on any atom is -0.467 e. The zero-order valence-electron chi connectivity index (χ0n) is 14.6. The Morgan fingerprint density at radius 2 is 2.12 bits per heavy atom. The average molecular weight is 332 g/mol. The molecule has 24 heavy (non-hydrogen) atoms. The highest BCUT2D eigenvalue weighted by atomic mass is 16.5. The number of aryl methyl sites for hydroxylation is 1. The third-order valence-corrected chi connectivity index (χ3v) is 3.89. The molecule has 0 aliphatic carbocycles. The van der Waals surface area contributed by atoms with Crippen molar-refractivity contribution in [1.82, 2.24) is 9.88 Å². The van der Waals surface area contributed by atoms with E-state index in [0.717, 1.165) is 23.6 Å². The van der Waals surface area contributed by atoms with E-state index < -0.39 is 12.1 Å². The van der Waals surface area contributed by atoms with Gasteiger partial charge in [-0.05, 0) is 45.4 Å². The number of esters is 1. The first-order valence-corrected chi connectivity index (χ1v) is 8.11. The Bertz CT molecular complexity index is 701. The van der Waals surface area contributed by atoms with Crippen LogP contribution in [-0.4, -0.2) is 29.1 Å². The van der Waals surface area contributed by atoms with Crippen molar-refractivity contribution in [2.24, 2.45) is 0 Å². The lowest BCUT2D eigenvalue weighted by atomic mass is 10.2. The van der Waals surface area contributed by atoms with Crippen LogP contribution in [0, 0.1) is 13.8 Å². The molecule has 0 bridgehead atoms. The first-order valence-electron chi connectivity index (χ1n) is 8.11. The zero-order valence-corrected chi connectivity index (χ0v) is 14.6. The van der Waals surface area contributed by atoms with Gasteiger partial charge in [0, 0.05) is 17.9 Å². The first kappa shape index (κ1) is 17.8. The number of hydrogen-bond acceptors (Lipinski definition) is 4. The van der Waals surface area contributed by atoms with Gasteiger partial charge in [0.05, 0.1) is 18.4 Å². The highest BCUT2D eigenvalue weighted by Gasteiger charge is 2.22. The van der Waals surface area contributed by atoms with E-state index in [0.29, 0.717) is 18.7 Å². The van der Waals surface area contributed by atoms with Crippen molar-refractivity contribution in [2.45, 2.75) is 46.8 Å². The van der Waals surface area contributed by atoms with E-state index in [-0.39, 0.29) is 5.91 Å². The smallest absolute Gasteiger partial charge is 0.340 e. The number of hydrogen-bond donors (Lipinski definition) is 1. The van der Waals surface area contributed by atoms with Crippen molar-refractivity contribution in [1.29, 1.82) is 0 Å². The van der Waals surface area contributed by atoms with Crippen molar-refractivity contribution in [3.05, 3.63) is 47.2 Å². The van der Waals surface area contributed by atoms with Crippen LogP contribution in [0.15, 0.2) is 28.9 Å². The molecule has 130 valence electrons. The number of nitrogens with zero attached hydrogens (tertiary/aromatic N) is 1. The molecule has 1 atom stereocenters. The summed E-state index contributed by atoms with van der Waals surface area (Å²) < 4.78 is 12.6. The normalized spacial score (nSPS) is 12.0. The third kappa shape index (κ3) is 4.07. The second kappa shape index (κ2) is 7.86. The van der Waals surface area contributed by atoms with Crippen LogP contribution >= 0.6 is 0 Å². The van der Waals surface area contributed by atoms with Gasteiger partial charge in [0.1, 0.15) is 5.76 Å². The molecule has 0 spiro atoms. The average Bonchev–Trinajstić information content (AvgIpc) is 3.16. The van der Waals surface area contributed by atoms with Crippen LogP contribution in [0.1, 0.15) is 47.8 Å². The summed E-state index contributed by atoms with van der Waals surface area (Å²) in [5.74, 6) is 0.0339. The second-order valence-electron chi connectivity index (χ2n) is 5.79. The maximum atomic E-state index is 12.4. The Balaban J connectivity index is 2.08. The zero-order chi connectivity index (χ0) is 17.7. The topological polar surface area (TPSA) is 73.5 Å². The van der Waals surface area contributed by atoms with Crippen molar-refractivity contribution < 1.29 is 18.7 Å². The molecule has 0 saturated carbocycles. The van der Waals surface area contributed by atoms with Gasteiger partial charge in [-0.2, -0.15) is 0 Å². The number of ether oxygens (including phenoxy) is 1. The van der Waals surface area contributed by atoms with Gasteiger partial charge in [0.15, 0.2) is 6.10 Å². The van der Waals surface area contributed by atoms with Gasteiger partial charge in [-0.15, -0.1) is 0 Å². The summed E-state index contributed by atoms with van der Waals surface area (Å²) in [4.78, 5) is 24.2. The number of aromatic nitrogens is 1. The van der Waals surface area contributed by atoms with Gasteiger partial charge in [-0.1, -0.05) is 6.92 Å². The van der Waals surface area contributed by atoms with Crippen molar-refractivity contribution in [2.75, 3.05) is 6.54 Å². The molecule has 0 saturated heterocycles. The molecule has 6 heteroatoms. The Hall–Kier alpha value is -2.50. The van der Waals surface area contributed by atoms with E-state index in [1.165, 1.54) is 0 Å². The summed E-state index contributed by atoms with van der Waals surface area (Å²) in [7, 11) is 0. The Morgan fingerprint density at radius 3 is 2.75 bits per heavy atom. The summed E-state index contributed by atoms with van der Waals surface area (Å²) in [5, 5.41) is 2.72. The molecule has 0 unspecified atom stereocenters. The molecule has 1 amide bonds. The molecule has 1 N–H and O–H groups in total. The van der Waals surface area contributed by atoms with Crippen LogP contribution in [0.2, 0.25) is 0 Å². The molecule has 0 aliphatic rings. The van der Waals surface area contributed by atoms with Crippen LogP contribution in [0.3, 0.4) is 0 Å². The molecule has 0 aliphatic heterocycles. The van der Waals surface area contributed by atoms with Crippen LogP contribution in [0.25, 0.3) is 0 Å². The van der Waals surface area contributed by atoms with Crippen molar-refractivity contribution in [3.8, 4) is 0 Å². The maximum absolute atomic E-state index is 12.4. The summed E-state index contributed by atoms with van der Waals surface area (Å²) in [5.41, 5.74) is 2.18. The van der Waals surface area contributed by atoms with Crippen LogP contribution in [0.4, 0.5) is 0 Å². The quantitative estimate of drug-likeness (QED) is 0.791. The molecular weight excluding hydrogens is 308 g/mol. The predicted octanol–water partition coefficient (Wildman–Crippen LogP) is 2.82. The number of furan rings is 1. The van der Waals surface area contributed by atoms with Crippen LogP contribution < -0.4 is 5.32 Å². The molecule has 2 aromatic rings. The van der Waals surface area contributed by atoms with Gasteiger partial charge >= 0.3 is 5.97 Å². The maximum Gasteiger partial charge on any atom is 0.340 e. The molecule has 2 heterocycles. The molecule has 0 fully saturated rings. The number of carbonyl (C=O) groups is 2. The first-order chi connectivity index (χ1) is 11.4. The Labute approximate surface area is 141 Å². The SMILES string of the molecule is CCCNC(=O)[C@H](C)OC(=O)c1cc(C)n(Cc2ccco2)c1C. The van der Waals surface area contributed by atoms with E-state index in [4.69, 9.17) is 9.15 Å². The fourth-order valence-corrected chi connectivity index (χ4v) is 2.48. The van der Waals surface area contributed by atoms with Crippen LogP contribution in [-0.2, 0) is 16.1 Å². The summed E-state index contributed by atoms with van der Waals surface area (Å²) >= 11 is 0. The lowest BCUT2D eigenvalue weighted by Crippen LogP contribution is -2.36. The highest BCUT2D eigenvalue weighted by molar-refractivity contribution is 5.93. The highest BCUT2D eigenvalue weighted by Crippen LogP contribution is 2.19. The summed E-state index contributed by atoms with van der Waals surface area (Å²) in [6, 6.07) is 5.49. The lowest BCUT2D eigenvalue weighted by molar-refractivity contribution is -0.129. The number of amides is 1. The molecule has 2 rings (SSSR count). The summed E-state index contributed by atoms with van der Waals surface area (Å²) in [6.07, 6.45) is 1.63. The van der Waals surface area contributed by atoms with Gasteiger partial charge in [0.25, 0.3) is 5.91 Å². The Morgan fingerprint density at radius 1 is 1.38 bits per heavy atom. The fourth-order valence-electron chi connectivity index (χ4n) is 2.48. The second-order valence-corrected chi connectivity index (χ2v) is 5.79. The number of nitrogens with one attached hydrogen (secondary N) is 1. The third-order valence-electron chi connectivity index (χ3n) is 3.89. The number of carbonyl (C=O) groups excluding carboxylic acids is 2. The molecular formula is C18H24N2O4. The largest absolute Gasteiger partial charge is 0.467 e. The predicted molar refractivity (Wildman–Crippen MR) is 89.9 cm³/mol. The summed E-state index contributed by atoms with van der Waals surface area (Å²) in [6.45, 7) is 8.43. The fraction of sp³-hybridized carbons (Fsp3) is 0.444. The molecule has 2 aromatic heterocycles. The minimum atomic E-state index is -0.822. The van der Waals surface area contributed by atoms with Gasteiger partial charge < -0.3 is 19.0 Å². The van der Waals surface area contributed by atoms with Crippen molar-refractivity contribution in [3.63, 3.8) is 0 Å². The minimum absolute atomic E-state index is 0.283. The molecule has 0 radical (unpaired) electrons. The van der Waals surface area contributed by atoms with E-state index >= 15 is 0 Å². The van der Waals surface area contributed by atoms with E-state index in [1.807, 2.05) is 37.5 Å². The van der Waals surface area contributed by atoms with Gasteiger partial charge in [-0.25, -0.2) is 4.79 Å². The van der Waals surface area contributed by atoms with Gasteiger partial charge in [-0.3, -0.25) is 4.79 Å². The van der Waals surface area contributed by atoms with E-state index in [2.05, 4.69) is 5.32 Å². The van der Waals surface area contributed by atoms with Crippen LogP contribution in [0.5, 0.6) is 0 Å².